The van der Waals surface area contributed by atoms with Crippen LogP contribution in [0.1, 0.15) is 19.4 Å². The lowest BCUT2D eigenvalue weighted by molar-refractivity contribution is -0.149. The van der Waals surface area contributed by atoms with E-state index in [1.54, 1.807) is 13.8 Å². The SMILES string of the molecule is CCOC(=O)C1(C#N)C(=S)NC(c2ccccc2)=CC1C. The fourth-order valence-corrected chi connectivity index (χ4v) is 2.78. The van der Waals surface area contributed by atoms with Crippen LogP contribution in [-0.2, 0) is 9.53 Å². The number of thiocarbonyl (C=S) groups is 1. The van der Waals surface area contributed by atoms with Crippen LogP contribution < -0.4 is 5.32 Å². The minimum atomic E-state index is -1.45. The van der Waals surface area contributed by atoms with Crippen LogP contribution in [0.2, 0.25) is 0 Å². The van der Waals surface area contributed by atoms with Crippen molar-refractivity contribution in [3.05, 3.63) is 42.0 Å². The highest BCUT2D eigenvalue weighted by atomic mass is 32.1. The third kappa shape index (κ3) is 2.55. The molecule has 0 amide bonds. The van der Waals surface area contributed by atoms with Gasteiger partial charge in [0, 0.05) is 11.6 Å². The molecule has 0 aliphatic carbocycles. The summed E-state index contributed by atoms with van der Waals surface area (Å²) in [7, 11) is 0. The topological polar surface area (TPSA) is 62.1 Å². The fourth-order valence-electron chi connectivity index (χ4n) is 2.35. The van der Waals surface area contributed by atoms with E-state index < -0.39 is 11.4 Å². The zero-order valence-corrected chi connectivity index (χ0v) is 12.7. The highest BCUT2D eigenvalue weighted by Gasteiger charge is 2.51. The van der Waals surface area contributed by atoms with Gasteiger partial charge in [0.15, 0.2) is 0 Å². The van der Waals surface area contributed by atoms with E-state index in [4.69, 9.17) is 17.0 Å². The number of rotatable bonds is 3. The lowest BCUT2D eigenvalue weighted by atomic mass is 9.74. The number of esters is 1. The molecule has 0 fully saturated rings. The summed E-state index contributed by atoms with van der Waals surface area (Å²) in [6, 6.07) is 11.7. The van der Waals surface area contributed by atoms with Gasteiger partial charge in [0.2, 0.25) is 5.41 Å². The molecule has 108 valence electrons. The molecule has 0 bridgehead atoms. The molecule has 0 radical (unpaired) electrons. The van der Waals surface area contributed by atoms with Crippen LogP contribution in [0.4, 0.5) is 0 Å². The largest absolute Gasteiger partial charge is 0.464 e. The Morgan fingerprint density at radius 3 is 2.67 bits per heavy atom. The zero-order valence-electron chi connectivity index (χ0n) is 11.9. The zero-order chi connectivity index (χ0) is 15.5. The predicted octanol–water partition coefficient (Wildman–Crippen LogP) is 2.67. The molecule has 1 aliphatic heterocycles. The van der Waals surface area contributed by atoms with E-state index in [0.29, 0.717) is 0 Å². The molecule has 1 aromatic carbocycles. The lowest BCUT2D eigenvalue weighted by Gasteiger charge is -2.34. The van der Waals surface area contributed by atoms with Crippen molar-refractivity contribution in [2.24, 2.45) is 11.3 Å². The molecule has 1 N–H and O–H groups in total. The number of hydrogen-bond acceptors (Lipinski definition) is 4. The minimum absolute atomic E-state index is 0.192. The van der Waals surface area contributed by atoms with Gasteiger partial charge in [0.1, 0.15) is 4.99 Å². The molecule has 4 nitrogen and oxygen atoms in total. The van der Waals surface area contributed by atoms with Crippen molar-refractivity contribution in [3.63, 3.8) is 0 Å². The van der Waals surface area contributed by atoms with Crippen molar-refractivity contribution in [1.82, 2.24) is 5.32 Å². The van der Waals surface area contributed by atoms with Gasteiger partial charge in [-0.3, -0.25) is 0 Å². The summed E-state index contributed by atoms with van der Waals surface area (Å²) in [5.74, 6) is -0.966. The number of allylic oxidation sites excluding steroid dienone is 1. The molecule has 2 rings (SSSR count). The summed E-state index contributed by atoms with van der Waals surface area (Å²) < 4.78 is 5.04. The highest BCUT2D eigenvalue weighted by Crippen LogP contribution is 2.37. The summed E-state index contributed by atoms with van der Waals surface area (Å²) in [5, 5.41) is 12.5. The molecular weight excluding hydrogens is 284 g/mol. The van der Waals surface area contributed by atoms with Crippen LogP contribution in [0, 0.1) is 22.7 Å². The molecule has 0 aromatic heterocycles. The maximum atomic E-state index is 12.2. The Hall–Kier alpha value is -2.19. The standard InChI is InChI=1S/C16H16N2O2S/c1-3-20-15(19)16(10-17)11(2)9-13(18-14(16)21)12-7-5-4-6-8-12/h4-9,11H,3H2,1-2H3,(H,18,21). The van der Waals surface area contributed by atoms with Gasteiger partial charge < -0.3 is 10.1 Å². The van der Waals surface area contributed by atoms with E-state index in [9.17, 15) is 10.1 Å². The van der Waals surface area contributed by atoms with E-state index in [1.807, 2.05) is 36.4 Å². The Morgan fingerprint density at radius 2 is 2.14 bits per heavy atom. The number of benzene rings is 1. The van der Waals surface area contributed by atoms with Crippen LogP contribution in [0.5, 0.6) is 0 Å². The van der Waals surface area contributed by atoms with Crippen LogP contribution in [0.15, 0.2) is 36.4 Å². The van der Waals surface area contributed by atoms with Crippen LogP contribution >= 0.6 is 12.2 Å². The van der Waals surface area contributed by atoms with Gasteiger partial charge in [-0.15, -0.1) is 0 Å². The number of hydrogen-bond donors (Lipinski definition) is 1. The van der Waals surface area contributed by atoms with E-state index in [0.717, 1.165) is 11.3 Å². The summed E-state index contributed by atoms with van der Waals surface area (Å²) >= 11 is 5.31. The van der Waals surface area contributed by atoms with Gasteiger partial charge in [-0.2, -0.15) is 5.26 Å². The molecule has 0 saturated carbocycles. The van der Waals surface area contributed by atoms with Crippen molar-refractivity contribution in [3.8, 4) is 6.07 Å². The first-order valence-corrected chi connectivity index (χ1v) is 7.14. The Balaban J connectivity index is 2.42. The average molecular weight is 300 g/mol. The maximum absolute atomic E-state index is 12.2. The summed E-state index contributed by atoms with van der Waals surface area (Å²) in [6.07, 6.45) is 1.85. The third-order valence-corrected chi connectivity index (χ3v) is 3.99. The third-order valence-electron chi connectivity index (χ3n) is 3.56. The number of nitrogens with zero attached hydrogens (tertiary/aromatic N) is 1. The van der Waals surface area contributed by atoms with Gasteiger partial charge in [-0.05, 0) is 12.5 Å². The second kappa shape index (κ2) is 6.06. The first kappa shape index (κ1) is 15.2. The summed E-state index contributed by atoms with van der Waals surface area (Å²) in [4.78, 5) is 12.4. The highest BCUT2D eigenvalue weighted by molar-refractivity contribution is 7.80. The average Bonchev–Trinajstić information content (AvgIpc) is 2.48. The Kier molecular flexibility index (Phi) is 4.39. The molecular formula is C16H16N2O2S. The monoisotopic (exact) mass is 300 g/mol. The molecule has 5 heteroatoms. The molecule has 1 aromatic rings. The van der Waals surface area contributed by atoms with Gasteiger partial charge in [0.05, 0.1) is 12.7 Å². The predicted molar refractivity (Wildman–Crippen MR) is 84.0 cm³/mol. The maximum Gasteiger partial charge on any atom is 0.334 e. The van der Waals surface area contributed by atoms with Gasteiger partial charge in [-0.25, -0.2) is 4.79 Å². The number of nitriles is 1. The normalized spacial score (nSPS) is 24.5. The van der Waals surface area contributed by atoms with E-state index in [2.05, 4.69) is 11.4 Å². The van der Waals surface area contributed by atoms with Crippen molar-refractivity contribution in [2.75, 3.05) is 6.61 Å². The van der Waals surface area contributed by atoms with Gasteiger partial charge >= 0.3 is 5.97 Å². The van der Waals surface area contributed by atoms with Gasteiger partial charge in [-0.1, -0.05) is 55.5 Å². The van der Waals surface area contributed by atoms with Gasteiger partial charge in [0.25, 0.3) is 0 Å². The quantitative estimate of drug-likeness (QED) is 0.687. The number of nitrogens with one attached hydrogen (secondary N) is 1. The number of carbonyl (C=O) groups excluding carboxylic acids is 1. The second-order valence-corrected chi connectivity index (χ2v) is 5.24. The van der Waals surface area contributed by atoms with Crippen molar-refractivity contribution in [2.45, 2.75) is 13.8 Å². The van der Waals surface area contributed by atoms with Crippen LogP contribution in [0.3, 0.4) is 0 Å². The van der Waals surface area contributed by atoms with Crippen molar-refractivity contribution >= 4 is 28.9 Å². The fraction of sp³-hybridized carbons (Fsp3) is 0.312. The van der Waals surface area contributed by atoms with E-state index in [1.165, 1.54) is 0 Å². The van der Waals surface area contributed by atoms with E-state index in [-0.39, 0.29) is 17.5 Å². The number of carbonyl (C=O) groups is 1. The first-order chi connectivity index (χ1) is 10.1. The molecule has 2 unspecified atom stereocenters. The van der Waals surface area contributed by atoms with Crippen molar-refractivity contribution < 1.29 is 9.53 Å². The Labute approximate surface area is 129 Å². The lowest BCUT2D eigenvalue weighted by Crippen LogP contribution is -2.51. The smallest absolute Gasteiger partial charge is 0.334 e. The minimum Gasteiger partial charge on any atom is -0.464 e. The van der Waals surface area contributed by atoms with Crippen LogP contribution in [-0.4, -0.2) is 17.6 Å². The number of ether oxygens (including phenoxy) is 1. The molecule has 1 aliphatic rings. The van der Waals surface area contributed by atoms with E-state index >= 15 is 0 Å². The summed E-state index contributed by atoms with van der Waals surface area (Å²) in [5.41, 5.74) is 0.314. The summed E-state index contributed by atoms with van der Waals surface area (Å²) in [6.45, 7) is 3.72. The molecule has 21 heavy (non-hydrogen) atoms. The van der Waals surface area contributed by atoms with Crippen LogP contribution in [0.25, 0.3) is 5.70 Å². The second-order valence-electron chi connectivity index (χ2n) is 4.83. The molecule has 1 heterocycles. The molecule has 2 atom stereocenters. The van der Waals surface area contributed by atoms with Crippen molar-refractivity contribution in [1.29, 1.82) is 5.26 Å². The Morgan fingerprint density at radius 1 is 1.48 bits per heavy atom. The molecule has 0 saturated heterocycles. The first-order valence-electron chi connectivity index (χ1n) is 6.73. The Bertz CT molecular complexity index is 633. The molecule has 0 spiro atoms.